The summed E-state index contributed by atoms with van der Waals surface area (Å²) in [6.45, 7) is 23.1. The summed E-state index contributed by atoms with van der Waals surface area (Å²) >= 11 is -0.348. The van der Waals surface area contributed by atoms with Crippen LogP contribution in [-0.4, -0.2) is 20.7 Å². The standard InChI is InChI=1S/C50H68O2S2.Ti/c1-11-49(9,37-23-17-15-18-24-37)41-31-39(47(3,4)5)29-35(45(41)51)33-53-43-27-21-13-14-22-28-44(43)54-34-36-30-40(48(6,7)8)32-42(46(36)52)50(10,12-2)38-25-19-16-20-26-38;/h15-20,23-26,29-32,43-44,51-52H,11-14,21-22,27-28,33-34H2,1-10H3;/t43-,44?,49?,50?;/m0./s1. The number of aromatic hydroxyl groups is 2. The number of phenols is 2. The van der Waals surface area contributed by atoms with Gasteiger partial charge in [-0.05, 0) is 0 Å². The van der Waals surface area contributed by atoms with Crippen LogP contribution in [0.2, 0.25) is 0 Å². The third-order valence-electron chi connectivity index (χ3n) is 13.2. The van der Waals surface area contributed by atoms with Gasteiger partial charge in [-0.25, -0.2) is 0 Å². The third-order valence-corrected chi connectivity index (χ3v) is 29.2. The second-order valence-corrected chi connectivity index (χ2v) is 30.4. The maximum atomic E-state index is 12.4. The summed E-state index contributed by atoms with van der Waals surface area (Å²) < 4.78 is 0. The van der Waals surface area contributed by atoms with Crippen molar-refractivity contribution in [3.8, 4) is 11.5 Å². The first kappa shape index (κ1) is 42.5. The van der Waals surface area contributed by atoms with Gasteiger partial charge in [0.1, 0.15) is 0 Å². The molecular formula is C50H68O2S2Ti. The van der Waals surface area contributed by atoms with Gasteiger partial charge in [-0.3, -0.25) is 0 Å². The normalized spacial score (nSPS) is 22.7. The van der Waals surface area contributed by atoms with Gasteiger partial charge in [0.05, 0.1) is 0 Å². The molecule has 2 nitrogen and oxygen atoms in total. The van der Waals surface area contributed by atoms with Crippen LogP contribution in [0.4, 0.5) is 0 Å². The van der Waals surface area contributed by atoms with Crippen LogP contribution in [0.1, 0.15) is 165 Å². The molecule has 5 heteroatoms. The molecule has 2 aliphatic rings. The molecule has 1 saturated carbocycles. The first-order valence-corrected chi connectivity index (χ1v) is 27.8. The van der Waals surface area contributed by atoms with Crippen molar-refractivity contribution in [2.24, 2.45) is 0 Å². The van der Waals surface area contributed by atoms with E-state index < -0.39 is 0 Å². The van der Waals surface area contributed by atoms with Crippen molar-refractivity contribution in [3.05, 3.63) is 129 Å². The van der Waals surface area contributed by atoms with Crippen LogP contribution >= 0.6 is 15.9 Å². The summed E-state index contributed by atoms with van der Waals surface area (Å²) in [7, 11) is 0.538. The Kier molecular flexibility index (Phi) is 13.1. The van der Waals surface area contributed by atoms with E-state index in [0.717, 1.165) is 46.0 Å². The fourth-order valence-corrected chi connectivity index (χ4v) is 29.8. The fourth-order valence-electron chi connectivity index (χ4n) is 8.97. The molecule has 0 bridgehead atoms. The van der Waals surface area contributed by atoms with Crippen LogP contribution in [0.15, 0.2) is 84.9 Å². The number of hydrogen-bond acceptors (Lipinski definition) is 2. The van der Waals surface area contributed by atoms with Crippen molar-refractivity contribution < 1.29 is 25.7 Å². The molecular weight excluding hydrogens is 745 g/mol. The van der Waals surface area contributed by atoms with Crippen molar-refractivity contribution >= 4 is 15.9 Å². The van der Waals surface area contributed by atoms with Crippen molar-refractivity contribution in [2.75, 3.05) is 0 Å². The van der Waals surface area contributed by atoms with Crippen molar-refractivity contribution in [1.29, 1.82) is 0 Å². The van der Waals surface area contributed by atoms with Crippen molar-refractivity contribution in [2.45, 2.75) is 164 Å². The molecule has 1 aliphatic heterocycles. The predicted molar refractivity (Wildman–Crippen MR) is 238 cm³/mol. The van der Waals surface area contributed by atoms with Gasteiger partial charge in [-0.2, -0.15) is 0 Å². The Morgan fingerprint density at radius 2 is 0.891 bits per heavy atom. The van der Waals surface area contributed by atoms with Crippen LogP contribution in [0.3, 0.4) is 0 Å². The molecule has 0 spiro atoms. The average molecular weight is 813 g/mol. The molecule has 0 radical (unpaired) electrons. The zero-order valence-electron chi connectivity index (χ0n) is 35.5. The summed E-state index contributed by atoms with van der Waals surface area (Å²) in [6, 6.07) is 31.1. The van der Waals surface area contributed by atoms with Gasteiger partial charge in [0.15, 0.2) is 0 Å². The monoisotopic (exact) mass is 812 g/mol. The van der Waals surface area contributed by atoms with Crippen LogP contribution < -0.4 is 0 Å². The number of phenolic OH excluding ortho intramolecular Hbond substituents is 2. The average Bonchev–Trinajstić information content (AvgIpc) is 3.45. The quantitative estimate of drug-likeness (QED) is 0.157. The molecule has 6 rings (SSSR count). The molecule has 1 fully saturated rings. The van der Waals surface area contributed by atoms with E-state index in [1.54, 1.807) is 0 Å². The first-order valence-electron chi connectivity index (χ1n) is 21.0. The molecule has 6 atom stereocenters. The molecule has 296 valence electrons. The van der Waals surface area contributed by atoms with Gasteiger partial charge < -0.3 is 0 Å². The van der Waals surface area contributed by atoms with E-state index in [4.69, 9.17) is 0 Å². The van der Waals surface area contributed by atoms with E-state index in [1.165, 1.54) is 71.9 Å². The molecule has 2 N–H and O–H groups in total. The minimum atomic E-state index is -0.348. The zero-order valence-corrected chi connectivity index (χ0v) is 38.7. The molecule has 1 aliphatic carbocycles. The summed E-state index contributed by atoms with van der Waals surface area (Å²) in [5.41, 5.74) is 9.14. The van der Waals surface area contributed by atoms with Crippen molar-refractivity contribution in [1.82, 2.24) is 0 Å². The van der Waals surface area contributed by atoms with E-state index in [1.807, 2.05) is 0 Å². The summed E-state index contributed by atoms with van der Waals surface area (Å²) in [4.78, 5) is 0. The molecule has 0 aromatic heterocycles. The van der Waals surface area contributed by atoms with Gasteiger partial charge in [0, 0.05) is 0 Å². The Hall–Kier alpha value is -2.11. The van der Waals surface area contributed by atoms with Gasteiger partial charge >= 0.3 is 347 Å². The molecule has 0 saturated heterocycles. The zero-order chi connectivity index (χ0) is 39.8. The van der Waals surface area contributed by atoms with E-state index in [9.17, 15) is 10.2 Å². The van der Waals surface area contributed by atoms with E-state index in [-0.39, 0.29) is 53.0 Å². The predicted octanol–water partition coefficient (Wildman–Crippen LogP) is 14.4. The SMILES string of the molecule is CCC(C)(c1ccccc1)c1cc(C(C)(C)C)cc(C[S]2=[Ti]=[S](Cc3cc(C(C)(C)C)cc(C(C)(CC)c4ccccc4)c3O)[C@H]3CCCCCCC32)c1O. The van der Waals surface area contributed by atoms with Gasteiger partial charge in [0.25, 0.3) is 0 Å². The number of benzene rings is 4. The van der Waals surface area contributed by atoms with Gasteiger partial charge in [-0.15, -0.1) is 0 Å². The number of rotatable bonds is 10. The Bertz CT molecular complexity index is 1910. The van der Waals surface area contributed by atoms with Gasteiger partial charge in [0.2, 0.25) is 0 Å². The Morgan fingerprint density at radius 3 is 1.22 bits per heavy atom. The molecule has 1 heterocycles. The van der Waals surface area contributed by atoms with E-state index >= 15 is 0 Å². The Labute approximate surface area is 344 Å². The molecule has 5 unspecified atom stereocenters. The topological polar surface area (TPSA) is 40.5 Å². The summed E-state index contributed by atoms with van der Waals surface area (Å²) in [5, 5.41) is 26.3. The number of fused-ring (bicyclic) bond motifs is 1. The first-order chi connectivity index (χ1) is 26.0. The van der Waals surface area contributed by atoms with Crippen LogP contribution in [0.25, 0.3) is 0 Å². The second kappa shape index (κ2) is 17.0. The van der Waals surface area contributed by atoms with Gasteiger partial charge in [-0.1, -0.05) is 0 Å². The maximum absolute atomic E-state index is 12.4. The molecule has 55 heavy (non-hydrogen) atoms. The molecule has 0 amide bonds. The van der Waals surface area contributed by atoms with Crippen LogP contribution in [0.5, 0.6) is 11.5 Å². The second-order valence-electron chi connectivity index (χ2n) is 19.0. The summed E-state index contributed by atoms with van der Waals surface area (Å²) in [6.07, 6.45) is 9.85. The Balaban J connectivity index is 1.50. The third kappa shape index (κ3) is 8.84. The molecule has 4 aromatic carbocycles. The Morgan fingerprint density at radius 1 is 0.527 bits per heavy atom. The van der Waals surface area contributed by atoms with Crippen LogP contribution in [0, 0.1) is 0 Å². The number of hydrogen-bond donors (Lipinski definition) is 2. The summed E-state index contributed by atoms with van der Waals surface area (Å²) in [5.74, 6) is 3.08. The van der Waals surface area contributed by atoms with Crippen LogP contribution in [-0.2, 0) is 48.6 Å². The minimum absolute atomic E-state index is 0.0231. The van der Waals surface area contributed by atoms with E-state index in [0.29, 0.717) is 11.5 Å². The fraction of sp³-hybridized carbons (Fsp3) is 0.520. The molecule has 4 aromatic rings. The van der Waals surface area contributed by atoms with Crippen molar-refractivity contribution in [3.63, 3.8) is 0 Å². The van der Waals surface area contributed by atoms with E-state index in [2.05, 4.69) is 154 Å².